The normalized spacial score (nSPS) is 10.8. The summed E-state index contributed by atoms with van der Waals surface area (Å²) in [7, 11) is 0. The van der Waals surface area contributed by atoms with E-state index in [4.69, 9.17) is 4.74 Å². The van der Waals surface area contributed by atoms with Gasteiger partial charge in [0.05, 0.1) is 6.20 Å². The first-order valence-corrected chi connectivity index (χ1v) is 11.5. The molecule has 1 aromatic heterocycles. The highest BCUT2D eigenvalue weighted by atomic mass is 32.2. The van der Waals surface area contributed by atoms with Gasteiger partial charge in [0.1, 0.15) is 29.7 Å². The maximum Gasteiger partial charge on any atom is 0.227 e. The van der Waals surface area contributed by atoms with Crippen LogP contribution >= 0.6 is 11.8 Å². The highest BCUT2D eigenvalue weighted by Crippen LogP contribution is 2.32. The molecule has 0 bridgehead atoms. The molecule has 0 atom stereocenters. The van der Waals surface area contributed by atoms with Crippen LogP contribution in [0.1, 0.15) is 11.1 Å². The molecule has 0 amide bonds. The van der Waals surface area contributed by atoms with Crippen molar-refractivity contribution < 1.29 is 17.9 Å². The number of hydrogen-bond donors (Lipinski definition) is 1. The van der Waals surface area contributed by atoms with E-state index in [2.05, 4.69) is 15.3 Å². The average molecular weight is 468 g/mol. The zero-order valence-corrected chi connectivity index (χ0v) is 18.5. The van der Waals surface area contributed by atoms with Gasteiger partial charge in [0.2, 0.25) is 5.95 Å². The van der Waals surface area contributed by atoms with E-state index in [1.807, 2.05) is 30.5 Å². The maximum absolute atomic E-state index is 14.7. The minimum atomic E-state index is -0.671. The fourth-order valence-corrected chi connectivity index (χ4v) is 3.72. The monoisotopic (exact) mass is 467 g/mol. The fraction of sp³-hybridized carbons (Fsp3) is 0.120. The summed E-state index contributed by atoms with van der Waals surface area (Å²) in [5.74, 6) is -0.408. The van der Waals surface area contributed by atoms with E-state index in [1.54, 1.807) is 23.9 Å². The summed E-state index contributed by atoms with van der Waals surface area (Å²) in [4.78, 5) is 8.35. The summed E-state index contributed by atoms with van der Waals surface area (Å²) >= 11 is 1.71. The molecule has 0 aliphatic rings. The van der Waals surface area contributed by atoms with Gasteiger partial charge in [0.15, 0.2) is 5.82 Å². The lowest BCUT2D eigenvalue weighted by Crippen LogP contribution is -2.03. The summed E-state index contributed by atoms with van der Waals surface area (Å²) in [6.45, 7) is 0.0524. The van der Waals surface area contributed by atoms with Gasteiger partial charge in [-0.3, -0.25) is 0 Å². The third kappa shape index (κ3) is 5.84. The molecule has 4 nitrogen and oxygen atoms in total. The molecular weight excluding hydrogens is 447 g/mol. The number of rotatable bonds is 8. The Kier molecular flexibility index (Phi) is 7.14. The van der Waals surface area contributed by atoms with Crippen LogP contribution in [0.2, 0.25) is 0 Å². The van der Waals surface area contributed by atoms with E-state index in [0.717, 1.165) is 23.2 Å². The van der Waals surface area contributed by atoms with Crippen molar-refractivity contribution in [2.45, 2.75) is 12.4 Å². The number of nitrogens with zero attached hydrogens (tertiary/aromatic N) is 2. The van der Waals surface area contributed by atoms with Crippen LogP contribution < -0.4 is 10.1 Å². The van der Waals surface area contributed by atoms with Gasteiger partial charge in [0.25, 0.3) is 0 Å². The van der Waals surface area contributed by atoms with Crippen molar-refractivity contribution >= 4 is 23.4 Å². The average Bonchev–Trinajstić information content (AvgIpc) is 2.81. The molecule has 0 unspecified atom stereocenters. The number of halogens is 3. The summed E-state index contributed by atoms with van der Waals surface area (Å²) < 4.78 is 47.5. The molecule has 4 rings (SSSR count). The van der Waals surface area contributed by atoms with Crippen LogP contribution in [0.4, 0.5) is 24.8 Å². The van der Waals surface area contributed by atoms with E-state index in [9.17, 15) is 13.2 Å². The maximum atomic E-state index is 14.7. The smallest absolute Gasteiger partial charge is 0.227 e. The summed E-state index contributed by atoms with van der Waals surface area (Å²) in [6.07, 6.45) is 3.08. The number of aromatic nitrogens is 2. The van der Waals surface area contributed by atoms with Crippen molar-refractivity contribution in [2.75, 3.05) is 11.6 Å². The van der Waals surface area contributed by atoms with Gasteiger partial charge in [-0.15, -0.1) is 0 Å². The van der Waals surface area contributed by atoms with Crippen molar-refractivity contribution in [1.29, 1.82) is 0 Å². The lowest BCUT2D eigenvalue weighted by atomic mass is 10.1. The Balaban J connectivity index is 1.62. The zero-order valence-electron chi connectivity index (χ0n) is 17.7. The first kappa shape index (κ1) is 22.7. The van der Waals surface area contributed by atoms with Gasteiger partial charge >= 0.3 is 0 Å². The molecule has 0 saturated carbocycles. The van der Waals surface area contributed by atoms with Gasteiger partial charge < -0.3 is 10.1 Å². The second-order valence-corrected chi connectivity index (χ2v) is 8.07. The van der Waals surface area contributed by atoms with Crippen LogP contribution in [0.15, 0.2) is 72.9 Å². The van der Waals surface area contributed by atoms with Gasteiger partial charge in [-0.2, -0.15) is 11.8 Å². The van der Waals surface area contributed by atoms with Crippen LogP contribution in [-0.4, -0.2) is 16.2 Å². The largest absolute Gasteiger partial charge is 0.488 e. The van der Waals surface area contributed by atoms with E-state index < -0.39 is 11.6 Å². The van der Waals surface area contributed by atoms with Crippen LogP contribution in [0.5, 0.6) is 5.75 Å². The molecule has 3 aromatic carbocycles. The lowest BCUT2D eigenvalue weighted by molar-refractivity contribution is 0.305. The third-order valence-corrected chi connectivity index (χ3v) is 5.37. The van der Waals surface area contributed by atoms with Crippen LogP contribution in [-0.2, 0) is 12.4 Å². The lowest BCUT2D eigenvalue weighted by Gasteiger charge is -2.13. The quantitative estimate of drug-likeness (QED) is 0.311. The third-order valence-electron chi connectivity index (χ3n) is 4.74. The van der Waals surface area contributed by atoms with E-state index in [-0.39, 0.29) is 35.4 Å². The fourth-order valence-electron chi connectivity index (χ4n) is 3.20. The number of anilines is 2. The Morgan fingerprint density at radius 3 is 2.48 bits per heavy atom. The van der Waals surface area contributed by atoms with Crippen molar-refractivity contribution in [2.24, 2.45) is 0 Å². The zero-order chi connectivity index (χ0) is 23.2. The van der Waals surface area contributed by atoms with Crippen molar-refractivity contribution in [3.8, 4) is 17.0 Å². The van der Waals surface area contributed by atoms with Crippen LogP contribution in [0.25, 0.3) is 11.3 Å². The summed E-state index contributed by atoms with van der Waals surface area (Å²) in [6, 6.07) is 17.3. The number of benzene rings is 3. The molecule has 4 aromatic rings. The molecule has 0 radical (unpaired) electrons. The SMILES string of the molecule is CSCc1cccc(Nc2ncc(F)c(-c3ccc(F)cc3OCc3ccc(F)cc3)n2)c1. The minimum Gasteiger partial charge on any atom is -0.488 e. The second-order valence-electron chi connectivity index (χ2n) is 7.20. The number of thioether (sulfide) groups is 1. The topological polar surface area (TPSA) is 47.0 Å². The predicted octanol–water partition coefficient (Wildman–Crippen LogP) is 6.75. The Hall–Kier alpha value is -3.52. The number of nitrogens with one attached hydrogen (secondary N) is 1. The molecule has 0 saturated heterocycles. The van der Waals surface area contributed by atoms with Crippen molar-refractivity contribution in [1.82, 2.24) is 9.97 Å². The standard InChI is InChI=1S/C25H20F3N3OS/c1-33-15-17-3-2-4-20(11-17)30-25-29-13-22(28)24(31-25)21-10-9-19(27)12-23(21)32-14-16-5-7-18(26)8-6-16/h2-13H,14-15H2,1H3,(H,29,30,31). The highest BCUT2D eigenvalue weighted by Gasteiger charge is 2.16. The minimum absolute atomic E-state index is 0.0260. The summed E-state index contributed by atoms with van der Waals surface area (Å²) in [5, 5.41) is 3.09. The molecule has 1 N–H and O–H groups in total. The Labute approximate surface area is 193 Å². The molecular formula is C25H20F3N3OS. The van der Waals surface area contributed by atoms with Gasteiger partial charge in [-0.1, -0.05) is 24.3 Å². The van der Waals surface area contributed by atoms with E-state index >= 15 is 0 Å². The molecule has 0 aliphatic carbocycles. The summed E-state index contributed by atoms with van der Waals surface area (Å²) in [5.41, 5.74) is 2.83. The number of hydrogen-bond acceptors (Lipinski definition) is 5. The van der Waals surface area contributed by atoms with Gasteiger partial charge in [-0.05, 0) is 53.8 Å². The number of ether oxygens (including phenoxy) is 1. The highest BCUT2D eigenvalue weighted by molar-refractivity contribution is 7.97. The molecule has 168 valence electrons. The molecule has 0 fully saturated rings. The molecule has 0 spiro atoms. The van der Waals surface area contributed by atoms with Crippen LogP contribution in [0.3, 0.4) is 0 Å². The van der Waals surface area contributed by atoms with Crippen LogP contribution in [0, 0.1) is 17.5 Å². The Morgan fingerprint density at radius 2 is 1.70 bits per heavy atom. The van der Waals surface area contributed by atoms with Crippen molar-refractivity contribution in [3.05, 3.63) is 102 Å². The molecule has 0 aliphatic heterocycles. The second kappa shape index (κ2) is 10.4. The van der Waals surface area contributed by atoms with E-state index in [0.29, 0.717) is 5.56 Å². The predicted molar refractivity (Wildman–Crippen MR) is 125 cm³/mol. The Bertz CT molecular complexity index is 1250. The molecule has 1 heterocycles. The van der Waals surface area contributed by atoms with Gasteiger partial charge in [0, 0.05) is 23.1 Å². The van der Waals surface area contributed by atoms with Crippen molar-refractivity contribution in [3.63, 3.8) is 0 Å². The van der Waals surface area contributed by atoms with Gasteiger partial charge in [-0.25, -0.2) is 23.1 Å². The van der Waals surface area contributed by atoms with E-state index in [1.165, 1.54) is 30.3 Å². The first-order chi connectivity index (χ1) is 16.0. The molecule has 8 heteroatoms. The first-order valence-electron chi connectivity index (χ1n) is 10.1. The Morgan fingerprint density at radius 1 is 0.909 bits per heavy atom. The molecule has 33 heavy (non-hydrogen) atoms.